The number of aromatic nitrogens is 2. The molecule has 0 saturated carbocycles. The fourth-order valence-electron chi connectivity index (χ4n) is 3.42. The number of nitrogens with zero attached hydrogens (tertiary/aromatic N) is 2. The highest BCUT2D eigenvalue weighted by molar-refractivity contribution is 5.92. The van der Waals surface area contributed by atoms with E-state index in [1.54, 1.807) is 0 Å². The van der Waals surface area contributed by atoms with E-state index in [2.05, 4.69) is 23.5 Å². The molecule has 130 valence electrons. The standard InChI is InChI=1S/C22H21N3O/c1-2-18-22(25-20(26)14-15-8-4-3-5-9-15)24-19-13-12-16-10-6-7-11-17(16)21(19)23-18/h3-11H,2,12-14H2,1H3,(H,24,25,26). The molecule has 0 spiro atoms. The minimum Gasteiger partial charge on any atom is -0.309 e. The summed E-state index contributed by atoms with van der Waals surface area (Å²) in [5, 5.41) is 2.97. The zero-order valence-electron chi connectivity index (χ0n) is 14.8. The third-order valence-electron chi connectivity index (χ3n) is 4.74. The zero-order chi connectivity index (χ0) is 17.9. The lowest BCUT2D eigenvalue weighted by Crippen LogP contribution is -2.19. The molecule has 1 aromatic heterocycles. The number of rotatable bonds is 4. The van der Waals surface area contributed by atoms with Crippen LogP contribution in [-0.4, -0.2) is 15.9 Å². The van der Waals surface area contributed by atoms with E-state index in [1.807, 2.05) is 43.3 Å². The lowest BCUT2D eigenvalue weighted by atomic mass is 9.92. The van der Waals surface area contributed by atoms with E-state index < -0.39 is 0 Å². The van der Waals surface area contributed by atoms with Crippen LogP contribution in [-0.2, 0) is 30.5 Å². The van der Waals surface area contributed by atoms with Gasteiger partial charge in [0.2, 0.25) is 5.91 Å². The van der Waals surface area contributed by atoms with Crippen molar-refractivity contribution in [2.24, 2.45) is 0 Å². The molecular formula is C22H21N3O. The van der Waals surface area contributed by atoms with E-state index in [0.717, 1.165) is 47.5 Å². The van der Waals surface area contributed by atoms with Crippen LogP contribution in [0, 0.1) is 0 Å². The summed E-state index contributed by atoms with van der Waals surface area (Å²) in [6.45, 7) is 2.04. The van der Waals surface area contributed by atoms with Crippen molar-refractivity contribution < 1.29 is 4.79 Å². The van der Waals surface area contributed by atoms with Gasteiger partial charge >= 0.3 is 0 Å². The molecule has 1 aliphatic carbocycles. The van der Waals surface area contributed by atoms with E-state index in [0.29, 0.717) is 12.2 Å². The largest absolute Gasteiger partial charge is 0.309 e. The van der Waals surface area contributed by atoms with Gasteiger partial charge in [0.15, 0.2) is 5.82 Å². The molecule has 2 aromatic carbocycles. The van der Waals surface area contributed by atoms with Crippen LogP contribution in [0.3, 0.4) is 0 Å². The highest BCUT2D eigenvalue weighted by Gasteiger charge is 2.21. The van der Waals surface area contributed by atoms with Gasteiger partial charge in [0.1, 0.15) is 0 Å². The summed E-state index contributed by atoms with van der Waals surface area (Å²) >= 11 is 0. The molecule has 1 aliphatic rings. The molecular weight excluding hydrogens is 322 g/mol. The minimum absolute atomic E-state index is 0.0589. The van der Waals surface area contributed by atoms with Crippen molar-refractivity contribution >= 4 is 11.7 Å². The first-order valence-electron chi connectivity index (χ1n) is 9.06. The molecule has 26 heavy (non-hydrogen) atoms. The SMILES string of the molecule is CCc1nc2c(nc1NC(=O)Cc1ccccc1)CCc1ccccc1-2. The van der Waals surface area contributed by atoms with Crippen LogP contribution in [0.25, 0.3) is 11.3 Å². The smallest absolute Gasteiger partial charge is 0.229 e. The van der Waals surface area contributed by atoms with E-state index in [-0.39, 0.29) is 5.91 Å². The Morgan fingerprint density at radius 2 is 1.77 bits per heavy atom. The maximum Gasteiger partial charge on any atom is 0.229 e. The van der Waals surface area contributed by atoms with Crippen LogP contribution in [0.1, 0.15) is 29.4 Å². The van der Waals surface area contributed by atoms with Gasteiger partial charge in [-0.25, -0.2) is 9.97 Å². The molecule has 1 heterocycles. The van der Waals surface area contributed by atoms with Gasteiger partial charge in [0.25, 0.3) is 0 Å². The minimum atomic E-state index is -0.0589. The van der Waals surface area contributed by atoms with Crippen molar-refractivity contribution in [3.63, 3.8) is 0 Å². The van der Waals surface area contributed by atoms with Gasteiger partial charge in [0, 0.05) is 5.56 Å². The molecule has 0 bridgehead atoms. The lowest BCUT2D eigenvalue weighted by molar-refractivity contribution is -0.115. The number of carbonyl (C=O) groups is 1. The maximum absolute atomic E-state index is 12.4. The Bertz CT molecular complexity index is 951. The predicted molar refractivity (Wildman–Crippen MR) is 103 cm³/mol. The van der Waals surface area contributed by atoms with Gasteiger partial charge in [-0.3, -0.25) is 4.79 Å². The van der Waals surface area contributed by atoms with Crippen molar-refractivity contribution in [3.8, 4) is 11.3 Å². The first-order valence-corrected chi connectivity index (χ1v) is 9.06. The molecule has 1 amide bonds. The quantitative estimate of drug-likeness (QED) is 0.779. The average Bonchev–Trinajstić information content (AvgIpc) is 2.68. The van der Waals surface area contributed by atoms with Gasteiger partial charge < -0.3 is 5.32 Å². The Morgan fingerprint density at radius 3 is 2.58 bits per heavy atom. The van der Waals surface area contributed by atoms with Crippen molar-refractivity contribution in [1.29, 1.82) is 0 Å². The van der Waals surface area contributed by atoms with E-state index in [9.17, 15) is 4.79 Å². The highest BCUT2D eigenvalue weighted by Crippen LogP contribution is 2.32. The number of benzene rings is 2. The Hall–Kier alpha value is -3.01. The third kappa shape index (κ3) is 3.23. The number of anilines is 1. The van der Waals surface area contributed by atoms with Crippen LogP contribution >= 0.6 is 0 Å². The first-order chi connectivity index (χ1) is 12.7. The average molecular weight is 343 g/mol. The summed E-state index contributed by atoms with van der Waals surface area (Å²) in [5.41, 5.74) is 6.24. The van der Waals surface area contributed by atoms with Gasteiger partial charge in [-0.2, -0.15) is 0 Å². The van der Waals surface area contributed by atoms with Crippen molar-refractivity contribution in [1.82, 2.24) is 9.97 Å². The van der Waals surface area contributed by atoms with Gasteiger partial charge in [0.05, 0.1) is 23.5 Å². The third-order valence-corrected chi connectivity index (χ3v) is 4.74. The molecule has 0 aliphatic heterocycles. The summed E-state index contributed by atoms with van der Waals surface area (Å²) in [7, 11) is 0. The summed E-state index contributed by atoms with van der Waals surface area (Å²) < 4.78 is 0. The summed E-state index contributed by atoms with van der Waals surface area (Å²) in [6, 6.07) is 18.1. The predicted octanol–water partition coefficient (Wildman–Crippen LogP) is 3.99. The fraction of sp³-hybridized carbons (Fsp3) is 0.227. The number of aryl methyl sites for hydroxylation is 3. The Morgan fingerprint density at radius 1 is 1.00 bits per heavy atom. The fourth-order valence-corrected chi connectivity index (χ4v) is 3.42. The monoisotopic (exact) mass is 343 g/mol. The van der Waals surface area contributed by atoms with Crippen LogP contribution in [0.4, 0.5) is 5.82 Å². The maximum atomic E-state index is 12.4. The van der Waals surface area contributed by atoms with Crippen LogP contribution in [0.5, 0.6) is 0 Å². The number of hydrogen-bond acceptors (Lipinski definition) is 3. The van der Waals surface area contributed by atoms with E-state index >= 15 is 0 Å². The Balaban J connectivity index is 1.63. The molecule has 0 unspecified atom stereocenters. The Labute approximate surface area is 153 Å². The summed E-state index contributed by atoms with van der Waals surface area (Å²) in [6.07, 6.45) is 2.88. The molecule has 0 saturated heterocycles. The van der Waals surface area contributed by atoms with Gasteiger partial charge in [-0.1, -0.05) is 61.5 Å². The Kier molecular flexibility index (Phi) is 4.48. The lowest BCUT2D eigenvalue weighted by Gasteiger charge is -2.20. The first kappa shape index (κ1) is 16.5. The van der Waals surface area contributed by atoms with Gasteiger partial charge in [-0.15, -0.1) is 0 Å². The molecule has 3 aromatic rings. The van der Waals surface area contributed by atoms with Crippen LogP contribution in [0.15, 0.2) is 54.6 Å². The van der Waals surface area contributed by atoms with E-state index in [1.165, 1.54) is 5.56 Å². The van der Waals surface area contributed by atoms with Crippen molar-refractivity contribution in [2.75, 3.05) is 5.32 Å². The molecule has 0 fully saturated rings. The normalized spacial score (nSPS) is 12.2. The van der Waals surface area contributed by atoms with E-state index in [4.69, 9.17) is 9.97 Å². The summed E-state index contributed by atoms with van der Waals surface area (Å²) in [5.74, 6) is 0.544. The van der Waals surface area contributed by atoms with Crippen molar-refractivity contribution in [3.05, 3.63) is 77.1 Å². The molecule has 4 heteroatoms. The number of carbonyl (C=O) groups excluding carboxylic acids is 1. The van der Waals surface area contributed by atoms with Gasteiger partial charge in [-0.05, 0) is 30.4 Å². The second kappa shape index (κ2) is 7.08. The molecule has 4 nitrogen and oxygen atoms in total. The number of amides is 1. The second-order valence-electron chi connectivity index (χ2n) is 6.54. The molecule has 0 radical (unpaired) electrons. The number of nitrogens with one attached hydrogen (secondary N) is 1. The number of hydrogen-bond donors (Lipinski definition) is 1. The molecule has 4 rings (SSSR count). The van der Waals surface area contributed by atoms with Crippen LogP contribution in [0.2, 0.25) is 0 Å². The highest BCUT2D eigenvalue weighted by atomic mass is 16.1. The zero-order valence-corrected chi connectivity index (χ0v) is 14.8. The topological polar surface area (TPSA) is 54.9 Å². The molecule has 1 N–H and O–H groups in total. The van der Waals surface area contributed by atoms with Crippen LogP contribution < -0.4 is 5.32 Å². The second-order valence-corrected chi connectivity index (χ2v) is 6.54. The number of fused-ring (bicyclic) bond motifs is 3. The van der Waals surface area contributed by atoms with Crippen molar-refractivity contribution in [2.45, 2.75) is 32.6 Å². The molecule has 0 atom stereocenters. The summed E-state index contributed by atoms with van der Waals surface area (Å²) in [4.78, 5) is 22.1.